The number of benzene rings is 2. The Morgan fingerprint density at radius 2 is 1.50 bits per heavy atom. The van der Waals surface area contributed by atoms with Crippen molar-refractivity contribution in [2.24, 2.45) is 0 Å². The zero-order chi connectivity index (χ0) is 15.6. The van der Waals surface area contributed by atoms with Crippen LogP contribution in [0.2, 0.25) is 0 Å². The van der Waals surface area contributed by atoms with Crippen LogP contribution in [0.4, 0.5) is 0 Å². The van der Waals surface area contributed by atoms with Gasteiger partial charge in [0.15, 0.2) is 0 Å². The SMILES string of the molecule is C[C@]1(c2ccc(CCc3ccccc3)cc2)NC(=S)SC1=S. The van der Waals surface area contributed by atoms with Gasteiger partial charge >= 0.3 is 0 Å². The largest absolute Gasteiger partial charge is 0.356 e. The second-order valence-electron chi connectivity index (χ2n) is 5.61. The zero-order valence-electron chi connectivity index (χ0n) is 12.3. The third-order valence-electron chi connectivity index (χ3n) is 4.02. The fourth-order valence-corrected chi connectivity index (χ4v) is 4.42. The van der Waals surface area contributed by atoms with Gasteiger partial charge in [-0.15, -0.1) is 0 Å². The molecule has 0 spiro atoms. The van der Waals surface area contributed by atoms with E-state index in [1.165, 1.54) is 28.5 Å². The third kappa shape index (κ3) is 3.24. The van der Waals surface area contributed by atoms with Crippen LogP contribution in [0, 0.1) is 0 Å². The number of rotatable bonds is 4. The molecule has 2 aromatic carbocycles. The number of nitrogens with one attached hydrogen (secondary N) is 1. The molecule has 112 valence electrons. The third-order valence-corrected chi connectivity index (χ3v) is 5.91. The molecule has 0 amide bonds. The Morgan fingerprint density at radius 3 is 2.05 bits per heavy atom. The second-order valence-corrected chi connectivity index (χ2v) is 7.96. The average Bonchev–Trinajstić information content (AvgIpc) is 2.80. The summed E-state index contributed by atoms with van der Waals surface area (Å²) in [4.78, 5) is 0. The van der Waals surface area contributed by atoms with Crippen LogP contribution in [0.3, 0.4) is 0 Å². The normalized spacial score (nSPS) is 21.0. The van der Waals surface area contributed by atoms with Gasteiger partial charge < -0.3 is 5.32 Å². The van der Waals surface area contributed by atoms with Gasteiger partial charge in [0, 0.05) is 0 Å². The van der Waals surface area contributed by atoms with Crippen molar-refractivity contribution in [3.63, 3.8) is 0 Å². The van der Waals surface area contributed by atoms with Crippen molar-refractivity contribution in [3.05, 3.63) is 71.3 Å². The molecular weight excluding hydrogens is 326 g/mol. The topological polar surface area (TPSA) is 12.0 Å². The lowest BCUT2D eigenvalue weighted by molar-refractivity contribution is 0.625. The summed E-state index contributed by atoms with van der Waals surface area (Å²) in [6, 6.07) is 19.3. The van der Waals surface area contributed by atoms with Crippen LogP contribution in [-0.4, -0.2) is 8.52 Å². The predicted molar refractivity (Wildman–Crippen MR) is 104 cm³/mol. The van der Waals surface area contributed by atoms with Gasteiger partial charge in [-0.2, -0.15) is 0 Å². The first-order valence-corrected chi connectivity index (χ1v) is 8.89. The molecule has 1 heterocycles. The molecule has 22 heavy (non-hydrogen) atoms. The van der Waals surface area contributed by atoms with Crippen molar-refractivity contribution < 1.29 is 0 Å². The molecule has 1 aliphatic heterocycles. The minimum absolute atomic E-state index is 0.324. The molecule has 1 atom stereocenters. The lowest BCUT2D eigenvalue weighted by Crippen LogP contribution is -2.39. The van der Waals surface area contributed by atoms with Crippen LogP contribution in [0.5, 0.6) is 0 Å². The lowest BCUT2D eigenvalue weighted by Gasteiger charge is -2.24. The Balaban J connectivity index is 1.71. The van der Waals surface area contributed by atoms with E-state index >= 15 is 0 Å². The fourth-order valence-electron chi connectivity index (χ4n) is 2.60. The molecule has 0 radical (unpaired) electrons. The molecule has 1 N–H and O–H groups in total. The summed E-state index contributed by atoms with van der Waals surface area (Å²) in [5.74, 6) is 0. The molecular formula is C18H17NS3. The van der Waals surface area contributed by atoms with Gasteiger partial charge in [0.1, 0.15) is 9.86 Å². The van der Waals surface area contributed by atoms with Crippen molar-refractivity contribution in [2.45, 2.75) is 25.3 Å². The van der Waals surface area contributed by atoms with Gasteiger partial charge in [0.2, 0.25) is 0 Å². The quantitative estimate of drug-likeness (QED) is 0.812. The maximum Gasteiger partial charge on any atom is 0.140 e. The first-order valence-electron chi connectivity index (χ1n) is 7.26. The van der Waals surface area contributed by atoms with E-state index in [9.17, 15) is 0 Å². The second kappa shape index (κ2) is 6.49. The number of aryl methyl sites for hydroxylation is 2. The highest BCUT2D eigenvalue weighted by Crippen LogP contribution is 2.35. The maximum absolute atomic E-state index is 5.47. The molecule has 4 heteroatoms. The summed E-state index contributed by atoms with van der Waals surface area (Å²) >= 11 is 12.2. The minimum atomic E-state index is -0.324. The highest BCUT2D eigenvalue weighted by atomic mass is 32.2. The monoisotopic (exact) mass is 343 g/mol. The molecule has 1 saturated heterocycles. The van der Waals surface area contributed by atoms with E-state index in [1.54, 1.807) is 0 Å². The van der Waals surface area contributed by atoms with E-state index in [1.807, 2.05) is 0 Å². The van der Waals surface area contributed by atoms with E-state index in [2.05, 4.69) is 66.8 Å². The van der Waals surface area contributed by atoms with Crippen LogP contribution in [0.25, 0.3) is 0 Å². The van der Waals surface area contributed by atoms with Gasteiger partial charge in [0.25, 0.3) is 0 Å². The smallest absolute Gasteiger partial charge is 0.140 e. The summed E-state index contributed by atoms with van der Waals surface area (Å²) in [5, 5.41) is 3.33. The first-order chi connectivity index (χ1) is 10.6. The number of thiocarbonyl (C=S) groups is 2. The highest BCUT2D eigenvalue weighted by Gasteiger charge is 2.38. The van der Waals surface area contributed by atoms with E-state index in [4.69, 9.17) is 24.4 Å². The Labute approximate surface area is 146 Å². The number of thioether (sulfide) groups is 1. The van der Waals surface area contributed by atoms with Crippen molar-refractivity contribution in [1.82, 2.24) is 5.32 Å². The Bertz CT molecular complexity index is 694. The fraction of sp³-hybridized carbons (Fsp3) is 0.222. The van der Waals surface area contributed by atoms with E-state index in [0.29, 0.717) is 0 Å². The Morgan fingerprint density at radius 1 is 0.909 bits per heavy atom. The molecule has 0 bridgehead atoms. The summed E-state index contributed by atoms with van der Waals surface area (Å²) in [6.07, 6.45) is 2.11. The van der Waals surface area contributed by atoms with Gasteiger partial charge in [-0.05, 0) is 36.5 Å². The van der Waals surface area contributed by atoms with Crippen LogP contribution < -0.4 is 5.32 Å². The maximum atomic E-state index is 5.47. The Kier molecular flexibility index (Phi) is 4.62. The highest BCUT2D eigenvalue weighted by molar-refractivity contribution is 8.38. The van der Waals surface area contributed by atoms with Crippen LogP contribution in [0.15, 0.2) is 54.6 Å². The van der Waals surface area contributed by atoms with Gasteiger partial charge in [-0.25, -0.2) is 0 Å². The summed E-state index contributed by atoms with van der Waals surface area (Å²) in [7, 11) is 0. The molecule has 2 aromatic rings. The van der Waals surface area contributed by atoms with Crippen molar-refractivity contribution >= 4 is 44.7 Å². The molecule has 3 rings (SSSR count). The minimum Gasteiger partial charge on any atom is -0.356 e. The molecule has 1 nitrogen and oxygen atoms in total. The number of hydrogen-bond acceptors (Lipinski definition) is 3. The first kappa shape index (κ1) is 15.7. The summed E-state index contributed by atoms with van der Waals surface area (Å²) in [6.45, 7) is 2.10. The van der Waals surface area contributed by atoms with Crippen LogP contribution in [-0.2, 0) is 18.4 Å². The molecule has 1 aliphatic rings. The van der Waals surface area contributed by atoms with Crippen molar-refractivity contribution in [2.75, 3.05) is 0 Å². The van der Waals surface area contributed by atoms with Crippen molar-refractivity contribution in [3.8, 4) is 0 Å². The predicted octanol–water partition coefficient (Wildman–Crippen LogP) is 4.64. The molecule has 0 saturated carbocycles. The van der Waals surface area contributed by atoms with Crippen LogP contribution >= 0.6 is 36.2 Å². The van der Waals surface area contributed by atoms with E-state index in [-0.39, 0.29) is 5.54 Å². The molecule has 1 fully saturated rings. The Hall–Kier alpha value is -1.23. The summed E-state index contributed by atoms with van der Waals surface area (Å²) < 4.78 is 1.66. The van der Waals surface area contributed by atoms with Crippen molar-refractivity contribution in [1.29, 1.82) is 0 Å². The zero-order valence-corrected chi connectivity index (χ0v) is 14.8. The van der Waals surface area contributed by atoms with Gasteiger partial charge in [0.05, 0.1) is 4.20 Å². The van der Waals surface area contributed by atoms with Gasteiger partial charge in [-0.1, -0.05) is 90.8 Å². The van der Waals surface area contributed by atoms with E-state index < -0.39 is 0 Å². The lowest BCUT2D eigenvalue weighted by atomic mass is 9.92. The number of hydrogen-bond donors (Lipinski definition) is 1. The average molecular weight is 344 g/mol. The van der Waals surface area contributed by atoms with Gasteiger partial charge in [-0.3, -0.25) is 0 Å². The molecule has 0 aliphatic carbocycles. The molecule has 0 aromatic heterocycles. The van der Waals surface area contributed by atoms with Crippen LogP contribution in [0.1, 0.15) is 23.6 Å². The standard InChI is InChI=1S/C18H17NS3/c1-18(16(20)22-17(21)19-18)15-11-9-14(10-12-15)8-7-13-5-3-2-4-6-13/h2-6,9-12H,7-8H2,1H3,(H,19,21)/t18-/m1/s1. The molecule has 0 unspecified atom stereocenters. The van der Waals surface area contributed by atoms with E-state index in [0.717, 1.165) is 21.4 Å². The summed E-state index contributed by atoms with van der Waals surface area (Å²) in [5.41, 5.74) is 3.57.